The quantitative estimate of drug-likeness (QED) is 0.672. The van der Waals surface area contributed by atoms with Crippen LogP contribution in [0.5, 0.6) is 0 Å². The van der Waals surface area contributed by atoms with Crippen molar-refractivity contribution in [2.45, 2.75) is 25.5 Å². The number of benzene rings is 2. The Bertz CT molecular complexity index is 889. The second-order valence-corrected chi connectivity index (χ2v) is 6.44. The van der Waals surface area contributed by atoms with E-state index in [1.54, 1.807) is 18.3 Å². The SMILES string of the molecule is O=C1OCc2c(N=Cc3ccc(C4CCCN4C(=O)O)cc3)cccc21. The van der Waals surface area contributed by atoms with Gasteiger partial charge in [-0.25, -0.2) is 9.59 Å². The second-order valence-electron chi connectivity index (χ2n) is 6.44. The lowest BCUT2D eigenvalue weighted by Crippen LogP contribution is -2.28. The number of cyclic esters (lactones) is 1. The van der Waals surface area contributed by atoms with Crippen LogP contribution >= 0.6 is 0 Å². The van der Waals surface area contributed by atoms with Crippen molar-refractivity contribution in [3.05, 3.63) is 64.7 Å². The number of carbonyl (C=O) groups is 2. The lowest BCUT2D eigenvalue weighted by molar-refractivity contribution is 0.0535. The minimum atomic E-state index is -0.868. The molecule has 0 aliphatic carbocycles. The van der Waals surface area contributed by atoms with Crippen LogP contribution in [-0.4, -0.2) is 34.8 Å². The average Bonchev–Trinajstić information content (AvgIpc) is 3.28. The van der Waals surface area contributed by atoms with Gasteiger partial charge in [-0.05, 0) is 36.1 Å². The molecule has 1 atom stereocenters. The smallest absolute Gasteiger partial charge is 0.407 e. The molecule has 1 N–H and O–H groups in total. The number of esters is 1. The standard InChI is InChI=1S/C20H18N2O4/c23-19-15-3-1-4-17(16(15)12-26-19)21-11-13-6-8-14(9-7-13)18-5-2-10-22(18)20(24)25/h1,3-4,6-9,11,18H,2,5,10,12H2,(H,24,25). The Morgan fingerprint density at radius 1 is 1.23 bits per heavy atom. The van der Waals surface area contributed by atoms with Gasteiger partial charge in [-0.2, -0.15) is 0 Å². The highest BCUT2D eigenvalue weighted by Crippen LogP contribution is 2.32. The summed E-state index contributed by atoms with van der Waals surface area (Å²) in [4.78, 5) is 28.9. The first-order valence-corrected chi connectivity index (χ1v) is 8.56. The fourth-order valence-electron chi connectivity index (χ4n) is 3.54. The maximum Gasteiger partial charge on any atom is 0.407 e. The Balaban J connectivity index is 1.53. The van der Waals surface area contributed by atoms with E-state index in [0.717, 1.165) is 35.2 Å². The molecule has 2 aliphatic heterocycles. The minimum Gasteiger partial charge on any atom is -0.465 e. The van der Waals surface area contributed by atoms with Crippen LogP contribution in [-0.2, 0) is 11.3 Å². The fourth-order valence-corrected chi connectivity index (χ4v) is 3.54. The third-order valence-electron chi connectivity index (χ3n) is 4.89. The zero-order valence-corrected chi connectivity index (χ0v) is 14.1. The number of aliphatic imine (C=N–C) groups is 1. The van der Waals surface area contributed by atoms with E-state index in [1.807, 2.05) is 30.3 Å². The minimum absolute atomic E-state index is 0.0703. The molecule has 0 bridgehead atoms. The number of amides is 1. The lowest BCUT2D eigenvalue weighted by atomic mass is 10.0. The van der Waals surface area contributed by atoms with Gasteiger partial charge in [0.1, 0.15) is 6.61 Å². The van der Waals surface area contributed by atoms with E-state index in [-0.39, 0.29) is 18.6 Å². The molecule has 6 heteroatoms. The summed E-state index contributed by atoms with van der Waals surface area (Å²) in [6, 6.07) is 13.1. The predicted octanol–water partition coefficient (Wildman–Crippen LogP) is 3.92. The summed E-state index contributed by atoms with van der Waals surface area (Å²) in [6.45, 7) is 0.844. The lowest BCUT2D eigenvalue weighted by Gasteiger charge is -2.21. The van der Waals surface area contributed by atoms with Crippen molar-refractivity contribution in [1.29, 1.82) is 0 Å². The maximum absolute atomic E-state index is 11.6. The van der Waals surface area contributed by atoms with Crippen LogP contribution in [0.2, 0.25) is 0 Å². The van der Waals surface area contributed by atoms with Crippen molar-refractivity contribution in [2.24, 2.45) is 4.99 Å². The molecule has 4 rings (SSSR count). The fraction of sp³-hybridized carbons (Fsp3) is 0.250. The van der Waals surface area contributed by atoms with Gasteiger partial charge in [0.15, 0.2) is 0 Å². The highest BCUT2D eigenvalue weighted by molar-refractivity contribution is 5.95. The van der Waals surface area contributed by atoms with E-state index < -0.39 is 6.09 Å². The molecule has 6 nitrogen and oxygen atoms in total. The zero-order chi connectivity index (χ0) is 18.1. The molecule has 2 heterocycles. The van der Waals surface area contributed by atoms with E-state index in [4.69, 9.17) is 4.74 Å². The molecule has 0 saturated carbocycles. The summed E-state index contributed by atoms with van der Waals surface area (Å²) in [6.07, 6.45) is 2.61. The number of ether oxygens (including phenoxy) is 1. The molecular weight excluding hydrogens is 332 g/mol. The predicted molar refractivity (Wildman–Crippen MR) is 96.0 cm³/mol. The monoisotopic (exact) mass is 350 g/mol. The molecule has 1 saturated heterocycles. The number of hydrogen-bond donors (Lipinski definition) is 1. The van der Waals surface area contributed by atoms with Gasteiger partial charge in [0.25, 0.3) is 0 Å². The van der Waals surface area contributed by atoms with Crippen LogP contribution in [0.1, 0.15) is 45.9 Å². The first kappa shape index (κ1) is 16.3. The molecule has 2 aromatic rings. The molecule has 1 unspecified atom stereocenters. The number of fused-ring (bicyclic) bond motifs is 1. The number of carbonyl (C=O) groups excluding carboxylic acids is 1. The van der Waals surface area contributed by atoms with E-state index >= 15 is 0 Å². The summed E-state index contributed by atoms with van der Waals surface area (Å²) < 4.78 is 5.05. The van der Waals surface area contributed by atoms with Crippen LogP contribution < -0.4 is 0 Å². The topological polar surface area (TPSA) is 79.2 Å². The molecule has 0 spiro atoms. The number of likely N-dealkylation sites (tertiary alicyclic amines) is 1. The summed E-state index contributed by atoms with van der Waals surface area (Å²) in [5.74, 6) is -0.305. The van der Waals surface area contributed by atoms with E-state index in [9.17, 15) is 14.7 Å². The molecule has 132 valence electrons. The Morgan fingerprint density at radius 2 is 2.04 bits per heavy atom. The van der Waals surface area contributed by atoms with Crippen LogP contribution in [0.3, 0.4) is 0 Å². The van der Waals surface area contributed by atoms with Crippen molar-refractivity contribution in [3.8, 4) is 0 Å². The highest BCUT2D eigenvalue weighted by Gasteiger charge is 2.29. The third-order valence-corrected chi connectivity index (χ3v) is 4.89. The number of carboxylic acid groups (broad SMARTS) is 1. The first-order valence-electron chi connectivity index (χ1n) is 8.56. The van der Waals surface area contributed by atoms with E-state index in [2.05, 4.69) is 4.99 Å². The van der Waals surface area contributed by atoms with Gasteiger partial charge in [0, 0.05) is 18.3 Å². The molecule has 0 aromatic heterocycles. The molecule has 1 fully saturated rings. The normalized spacial score (nSPS) is 19.0. The second kappa shape index (κ2) is 6.63. The van der Waals surface area contributed by atoms with Crippen molar-refractivity contribution in [1.82, 2.24) is 4.90 Å². The Kier molecular flexibility index (Phi) is 4.16. The van der Waals surface area contributed by atoms with Crippen LogP contribution in [0.4, 0.5) is 10.5 Å². The van der Waals surface area contributed by atoms with Gasteiger partial charge in [-0.3, -0.25) is 4.99 Å². The van der Waals surface area contributed by atoms with Crippen molar-refractivity contribution in [2.75, 3.05) is 6.54 Å². The molecule has 26 heavy (non-hydrogen) atoms. The number of hydrogen-bond acceptors (Lipinski definition) is 4. The Labute approximate surface area is 150 Å². The summed E-state index contributed by atoms with van der Waals surface area (Å²) in [5, 5.41) is 9.28. The Morgan fingerprint density at radius 3 is 2.81 bits per heavy atom. The molecule has 1 amide bonds. The molecule has 0 radical (unpaired) electrons. The van der Waals surface area contributed by atoms with Crippen LogP contribution in [0, 0.1) is 0 Å². The number of rotatable bonds is 3. The van der Waals surface area contributed by atoms with Crippen molar-refractivity contribution >= 4 is 24.0 Å². The molecular formula is C20H18N2O4. The summed E-state index contributed by atoms with van der Waals surface area (Å²) in [5.41, 5.74) is 4.03. The van der Waals surface area contributed by atoms with Gasteiger partial charge in [0.2, 0.25) is 0 Å². The zero-order valence-electron chi connectivity index (χ0n) is 14.1. The highest BCUT2D eigenvalue weighted by atomic mass is 16.5. The largest absolute Gasteiger partial charge is 0.465 e. The van der Waals surface area contributed by atoms with Crippen LogP contribution in [0.25, 0.3) is 0 Å². The van der Waals surface area contributed by atoms with Crippen molar-refractivity contribution in [3.63, 3.8) is 0 Å². The first-order chi connectivity index (χ1) is 12.6. The third kappa shape index (κ3) is 2.94. The van der Waals surface area contributed by atoms with Crippen molar-refractivity contribution < 1.29 is 19.4 Å². The van der Waals surface area contributed by atoms with Gasteiger partial charge < -0.3 is 14.7 Å². The van der Waals surface area contributed by atoms with Gasteiger partial charge >= 0.3 is 12.1 Å². The molecule has 2 aromatic carbocycles. The van der Waals surface area contributed by atoms with E-state index in [1.165, 1.54) is 4.90 Å². The molecule has 2 aliphatic rings. The van der Waals surface area contributed by atoms with Crippen LogP contribution in [0.15, 0.2) is 47.5 Å². The number of nitrogens with zero attached hydrogens (tertiary/aromatic N) is 2. The van der Waals surface area contributed by atoms with Gasteiger partial charge in [0.05, 0.1) is 17.3 Å². The summed E-state index contributed by atoms with van der Waals surface area (Å²) in [7, 11) is 0. The Hall–Kier alpha value is -3.15. The van der Waals surface area contributed by atoms with Gasteiger partial charge in [-0.15, -0.1) is 0 Å². The van der Waals surface area contributed by atoms with Gasteiger partial charge in [-0.1, -0.05) is 30.3 Å². The maximum atomic E-state index is 11.6. The summed E-state index contributed by atoms with van der Waals surface area (Å²) >= 11 is 0. The average molecular weight is 350 g/mol. The van der Waals surface area contributed by atoms with E-state index in [0.29, 0.717) is 12.1 Å².